The first-order valence-electron chi connectivity index (χ1n) is 14.1. The van der Waals surface area contributed by atoms with Gasteiger partial charge in [0.2, 0.25) is 0 Å². The molecule has 4 heteroatoms. The third kappa shape index (κ3) is 7.90. The lowest BCUT2D eigenvalue weighted by Gasteiger charge is -2.20. The maximum absolute atomic E-state index is 4.66. The molecule has 0 amide bonds. The molecule has 0 atom stereocenters. The van der Waals surface area contributed by atoms with E-state index in [4.69, 9.17) is 0 Å². The molecule has 0 aliphatic carbocycles. The summed E-state index contributed by atoms with van der Waals surface area (Å²) in [5.41, 5.74) is 9.17. The van der Waals surface area contributed by atoms with Crippen LogP contribution in [0, 0.1) is 0 Å². The van der Waals surface area contributed by atoms with Gasteiger partial charge in [0.1, 0.15) is 0 Å². The molecule has 4 aromatic carbocycles. The number of hydrogen-bond acceptors (Lipinski definition) is 4. The summed E-state index contributed by atoms with van der Waals surface area (Å²) in [5.74, 6) is 0. The van der Waals surface area contributed by atoms with Crippen molar-refractivity contribution in [3.63, 3.8) is 0 Å². The predicted octanol–water partition coefficient (Wildman–Crippen LogP) is 8.47. The van der Waals surface area contributed by atoms with Crippen LogP contribution in [0.1, 0.15) is 49.9 Å². The molecule has 4 aromatic rings. The average Bonchev–Trinajstić information content (AvgIpc) is 2.99. The number of rotatable bonds is 12. The Labute approximate surface area is 234 Å². The lowest BCUT2D eigenvalue weighted by atomic mass is 10.0. The van der Waals surface area contributed by atoms with E-state index in [9.17, 15) is 0 Å². The van der Waals surface area contributed by atoms with E-state index >= 15 is 0 Å². The van der Waals surface area contributed by atoms with Crippen LogP contribution in [0.4, 0.5) is 22.7 Å². The molecule has 0 radical (unpaired) electrons. The summed E-state index contributed by atoms with van der Waals surface area (Å²) in [4.78, 5) is 14.0. The Hall–Kier alpha value is -4.18. The van der Waals surface area contributed by atoms with Crippen LogP contribution in [0.25, 0.3) is 0 Å². The first-order chi connectivity index (χ1) is 19.1. The third-order valence-electron chi connectivity index (χ3n) is 7.05. The van der Waals surface area contributed by atoms with Crippen molar-refractivity contribution in [2.24, 2.45) is 9.98 Å². The normalized spacial score (nSPS) is 11.4. The second-order valence-corrected chi connectivity index (χ2v) is 9.55. The minimum absolute atomic E-state index is 0.883. The summed E-state index contributed by atoms with van der Waals surface area (Å²) in [6.07, 6.45) is 4.74. The van der Waals surface area contributed by atoms with Gasteiger partial charge >= 0.3 is 0 Å². The van der Waals surface area contributed by atoms with E-state index < -0.39 is 0 Å². The zero-order chi connectivity index (χ0) is 27.5. The Morgan fingerprint density at radius 2 is 0.795 bits per heavy atom. The van der Waals surface area contributed by atoms with Crippen LogP contribution in [-0.2, 0) is 6.42 Å². The number of benzene rings is 4. The predicted molar refractivity (Wildman–Crippen MR) is 170 cm³/mol. The van der Waals surface area contributed by atoms with Crippen molar-refractivity contribution in [2.45, 2.75) is 34.1 Å². The summed E-state index contributed by atoms with van der Waals surface area (Å²) in [6, 6.07) is 34.1. The largest absolute Gasteiger partial charge is 0.372 e. The second kappa shape index (κ2) is 14.1. The molecule has 0 saturated heterocycles. The van der Waals surface area contributed by atoms with E-state index in [1.165, 1.54) is 22.5 Å². The van der Waals surface area contributed by atoms with Crippen molar-refractivity contribution >= 4 is 35.2 Å². The molecule has 39 heavy (non-hydrogen) atoms. The van der Waals surface area contributed by atoms with Gasteiger partial charge in [-0.05, 0) is 105 Å². The fourth-order valence-electron chi connectivity index (χ4n) is 4.65. The Morgan fingerprint density at radius 3 is 1.10 bits per heavy atom. The number of hydrogen-bond donors (Lipinski definition) is 0. The fourth-order valence-corrected chi connectivity index (χ4v) is 4.65. The molecule has 200 valence electrons. The Kier molecular flexibility index (Phi) is 10.1. The van der Waals surface area contributed by atoms with Crippen molar-refractivity contribution in [3.8, 4) is 0 Å². The second-order valence-electron chi connectivity index (χ2n) is 9.55. The van der Waals surface area contributed by atoms with Gasteiger partial charge in [-0.25, -0.2) is 0 Å². The van der Waals surface area contributed by atoms with E-state index in [1.54, 1.807) is 0 Å². The van der Waals surface area contributed by atoms with E-state index in [0.717, 1.165) is 55.1 Å². The summed E-state index contributed by atoms with van der Waals surface area (Å²) < 4.78 is 0. The van der Waals surface area contributed by atoms with Crippen LogP contribution in [0.5, 0.6) is 0 Å². The molecule has 4 rings (SSSR count). The quantitative estimate of drug-likeness (QED) is 0.177. The number of anilines is 2. The standard InChI is InChI=1S/C35H40N4/c1-5-38(6-2)34-21-13-30(14-22-34)26-36-32-17-9-28(10-18-32)25-29-11-19-33(20-12-29)37-27-31-15-23-35(24-16-31)39(7-3)8-4/h9-24,26-27H,5-8,25H2,1-4H3. The van der Waals surface area contributed by atoms with Crippen molar-refractivity contribution < 1.29 is 0 Å². The highest BCUT2D eigenvalue weighted by Crippen LogP contribution is 2.20. The highest BCUT2D eigenvalue weighted by atomic mass is 15.1. The van der Waals surface area contributed by atoms with Crippen LogP contribution in [0.2, 0.25) is 0 Å². The zero-order valence-electron chi connectivity index (χ0n) is 23.7. The van der Waals surface area contributed by atoms with Crippen LogP contribution >= 0.6 is 0 Å². The highest BCUT2D eigenvalue weighted by molar-refractivity contribution is 5.83. The van der Waals surface area contributed by atoms with Crippen LogP contribution in [0.15, 0.2) is 107 Å². The van der Waals surface area contributed by atoms with Crippen LogP contribution < -0.4 is 9.80 Å². The van der Waals surface area contributed by atoms with Crippen molar-refractivity contribution in [3.05, 3.63) is 119 Å². The third-order valence-corrected chi connectivity index (χ3v) is 7.05. The molecule has 0 aliphatic heterocycles. The summed E-state index contributed by atoms with van der Waals surface area (Å²) >= 11 is 0. The number of aliphatic imine (C=N–C) groups is 2. The van der Waals surface area contributed by atoms with Gasteiger partial charge in [-0.1, -0.05) is 48.5 Å². The molecule has 0 N–H and O–H groups in total. The minimum atomic E-state index is 0.883. The van der Waals surface area contributed by atoms with Gasteiger partial charge < -0.3 is 9.80 Å². The first-order valence-corrected chi connectivity index (χ1v) is 14.1. The summed E-state index contributed by atoms with van der Waals surface area (Å²) in [5, 5.41) is 0. The van der Waals surface area contributed by atoms with E-state index in [2.05, 4.69) is 145 Å². The molecular weight excluding hydrogens is 476 g/mol. The van der Waals surface area contributed by atoms with Gasteiger partial charge in [0.05, 0.1) is 11.4 Å². The van der Waals surface area contributed by atoms with E-state index in [0.29, 0.717) is 0 Å². The Morgan fingerprint density at radius 1 is 0.462 bits per heavy atom. The molecule has 0 saturated carbocycles. The SMILES string of the molecule is CCN(CC)c1ccc(C=Nc2ccc(Cc3ccc(N=Cc4ccc(N(CC)CC)cc4)cc3)cc2)cc1. The van der Waals surface area contributed by atoms with E-state index in [1.807, 2.05) is 12.4 Å². The Bertz CT molecular complexity index is 1220. The van der Waals surface area contributed by atoms with Crippen molar-refractivity contribution in [2.75, 3.05) is 36.0 Å². The van der Waals surface area contributed by atoms with Gasteiger partial charge in [-0.15, -0.1) is 0 Å². The molecule has 0 heterocycles. The maximum Gasteiger partial charge on any atom is 0.0630 e. The maximum atomic E-state index is 4.66. The molecule has 4 nitrogen and oxygen atoms in total. The minimum Gasteiger partial charge on any atom is -0.372 e. The van der Waals surface area contributed by atoms with Gasteiger partial charge in [0.25, 0.3) is 0 Å². The molecule has 0 spiro atoms. The highest BCUT2D eigenvalue weighted by Gasteiger charge is 2.02. The molecule has 0 aliphatic rings. The van der Waals surface area contributed by atoms with E-state index in [-0.39, 0.29) is 0 Å². The molecule has 0 bridgehead atoms. The topological polar surface area (TPSA) is 31.2 Å². The van der Waals surface area contributed by atoms with Crippen molar-refractivity contribution in [1.29, 1.82) is 0 Å². The lowest BCUT2D eigenvalue weighted by Crippen LogP contribution is -2.21. The first kappa shape index (κ1) is 27.8. The molecule has 0 unspecified atom stereocenters. The molecular formula is C35H40N4. The molecule has 0 fully saturated rings. The number of nitrogens with zero attached hydrogens (tertiary/aromatic N) is 4. The van der Waals surface area contributed by atoms with Crippen LogP contribution in [0.3, 0.4) is 0 Å². The average molecular weight is 517 g/mol. The zero-order valence-corrected chi connectivity index (χ0v) is 23.7. The monoisotopic (exact) mass is 516 g/mol. The molecule has 0 aromatic heterocycles. The van der Waals surface area contributed by atoms with Crippen molar-refractivity contribution in [1.82, 2.24) is 0 Å². The Balaban J connectivity index is 1.31. The van der Waals surface area contributed by atoms with Gasteiger partial charge in [-0.2, -0.15) is 0 Å². The van der Waals surface area contributed by atoms with Gasteiger partial charge in [0.15, 0.2) is 0 Å². The van der Waals surface area contributed by atoms with Gasteiger partial charge in [0, 0.05) is 50.0 Å². The van der Waals surface area contributed by atoms with Crippen LogP contribution in [-0.4, -0.2) is 38.6 Å². The smallest absolute Gasteiger partial charge is 0.0630 e. The fraction of sp³-hybridized carbons (Fsp3) is 0.257. The summed E-state index contributed by atoms with van der Waals surface area (Å²) in [6.45, 7) is 12.8. The van der Waals surface area contributed by atoms with Gasteiger partial charge in [-0.3, -0.25) is 9.98 Å². The lowest BCUT2D eigenvalue weighted by molar-refractivity contribution is 0.866. The summed E-state index contributed by atoms with van der Waals surface area (Å²) in [7, 11) is 0.